The molecule has 0 amide bonds. The van der Waals surface area contributed by atoms with Crippen molar-refractivity contribution in [1.29, 1.82) is 0 Å². The highest BCUT2D eigenvalue weighted by atomic mass is 16.5. The summed E-state index contributed by atoms with van der Waals surface area (Å²) in [7, 11) is 0. The Morgan fingerprint density at radius 1 is 0.974 bits per heavy atom. The molecule has 3 heterocycles. The summed E-state index contributed by atoms with van der Waals surface area (Å²) in [5, 5.41) is 8.80. The lowest BCUT2D eigenvalue weighted by Gasteiger charge is -2.27. The third-order valence-corrected chi connectivity index (χ3v) is 6.98. The van der Waals surface area contributed by atoms with Crippen LogP contribution in [0.2, 0.25) is 0 Å². The summed E-state index contributed by atoms with van der Waals surface area (Å²) in [5.74, 6) is 0.901. The molecular weight excluding hydrogens is 474 g/mol. The average Bonchev–Trinajstić information content (AvgIpc) is 3.62. The fraction of sp³-hybridized carbons (Fsp3) is 0.323. The Morgan fingerprint density at radius 2 is 1.84 bits per heavy atom. The van der Waals surface area contributed by atoms with E-state index in [0.717, 1.165) is 79.7 Å². The number of benzene rings is 2. The molecule has 7 nitrogen and oxygen atoms in total. The number of fused-ring (bicyclic) bond motifs is 1. The summed E-state index contributed by atoms with van der Waals surface area (Å²) >= 11 is 0. The quantitative estimate of drug-likeness (QED) is 0.267. The van der Waals surface area contributed by atoms with Crippen molar-refractivity contribution in [3.8, 4) is 5.75 Å². The lowest BCUT2D eigenvalue weighted by atomic mass is 10.1. The lowest BCUT2D eigenvalue weighted by molar-refractivity contribution is 0.0322. The molecule has 1 aliphatic heterocycles. The van der Waals surface area contributed by atoms with Crippen molar-refractivity contribution < 1.29 is 9.47 Å². The van der Waals surface area contributed by atoms with E-state index in [9.17, 15) is 0 Å². The molecule has 2 aromatic carbocycles. The van der Waals surface area contributed by atoms with E-state index in [-0.39, 0.29) is 0 Å². The minimum atomic E-state index is 0.649. The van der Waals surface area contributed by atoms with Gasteiger partial charge in [-0.2, -0.15) is 5.10 Å². The topological polar surface area (TPSA) is 69.4 Å². The van der Waals surface area contributed by atoms with Crippen LogP contribution in [0.4, 0.5) is 5.69 Å². The predicted molar refractivity (Wildman–Crippen MR) is 157 cm³/mol. The zero-order valence-electron chi connectivity index (χ0n) is 22.3. The zero-order valence-corrected chi connectivity index (χ0v) is 22.3. The highest BCUT2D eigenvalue weighted by Gasteiger charge is 2.12. The van der Waals surface area contributed by atoms with Gasteiger partial charge in [-0.25, -0.2) is 0 Å². The Hall–Kier alpha value is -3.81. The van der Waals surface area contributed by atoms with Crippen LogP contribution in [0.25, 0.3) is 35.2 Å². The second-order valence-corrected chi connectivity index (χ2v) is 9.44. The van der Waals surface area contributed by atoms with E-state index < -0.39 is 0 Å². The van der Waals surface area contributed by atoms with Crippen molar-refractivity contribution in [1.82, 2.24) is 20.1 Å². The SMILES string of the molecule is CCN(CC)c1ccc(/C=C/c2cc(/C=C/c3ccc4cc[nH]c4c3)n[nH]2)c(OCCN2CCOCC2)c1. The molecule has 0 saturated carbocycles. The molecule has 4 aromatic rings. The number of nitrogens with one attached hydrogen (secondary N) is 2. The first kappa shape index (κ1) is 25.8. The van der Waals surface area contributed by atoms with Gasteiger partial charge in [0, 0.05) is 61.8 Å². The number of H-pyrrole nitrogens is 2. The number of ether oxygens (including phenoxy) is 2. The van der Waals surface area contributed by atoms with Crippen molar-refractivity contribution in [3.63, 3.8) is 0 Å². The maximum atomic E-state index is 6.33. The van der Waals surface area contributed by atoms with E-state index in [1.54, 1.807) is 0 Å². The molecule has 5 rings (SSSR count). The minimum Gasteiger partial charge on any atom is -0.492 e. The van der Waals surface area contributed by atoms with Crippen LogP contribution < -0.4 is 9.64 Å². The van der Waals surface area contributed by atoms with Crippen molar-refractivity contribution in [2.45, 2.75) is 13.8 Å². The van der Waals surface area contributed by atoms with Crippen molar-refractivity contribution in [3.05, 3.63) is 77.2 Å². The number of aromatic amines is 2. The largest absolute Gasteiger partial charge is 0.492 e. The first-order chi connectivity index (χ1) is 18.7. The van der Waals surface area contributed by atoms with Gasteiger partial charge in [0.25, 0.3) is 0 Å². The average molecular weight is 512 g/mol. The standard InChI is InChI=1S/C31H37N5O2/c1-3-36(4-2)29-12-9-26(31(23-29)38-20-17-35-15-18-37-19-16-35)8-11-28-22-27(33-34-28)10-6-24-5-7-25-13-14-32-30(25)21-24/h5-14,21-23,32H,3-4,15-20H2,1-2H3,(H,33,34)/b10-6+,11-8+. The molecule has 0 bridgehead atoms. The zero-order chi connectivity index (χ0) is 26.2. The van der Waals surface area contributed by atoms with Crippen molar-refractivity contribution in [2.75, 3.05) is 57.4 Å². The van der Waals surface area contributed by atoms with Gasteiger partial charge in [-0.05, 0) is 73.4 Å². The van der Waals surface area contributed by atoms with E-state index in [4.69, 9.17) is 9.47 Å². The van der Waals surface area contributed by atoms with Gasteiger partial charge >= 0.3 is 0 Å². The van der Waals surface area contributed by atoms with Crippen LogP contribution in [0.3, 0.4) is 0 Å². The van der Waals surface area contributed by atoms with Gasteiger partial charge in [0.1, 0.15) is 12.4 Å². The van der Waals surface area contributed by atoms with Crippen LogP contribution >= 0.6 is 0 Å². The summed E-state index contributed by atoms with van der Waals surface area (Å²) < 4.78 is 11.8. The molecule has 1 saturated heterocycles. The summed E-state index contributed by atoms with van der Waals surface area (Å²) in [4.78, 5) is 7.99. The Labute approximate surface area is 224 Å². The Bertz CT molecular complexity index is 1380. The van der Waals surface area contributed by atoms with Crippen LogP contribution in [-0.2, 0) is 4.74 Å². The number of nitrogens with zero attached hydrogens (tertiary/aromatic N) is 3. The van der Waals surface area contributed by atoms with Crippen LogP contribution in [-0.4, -0.2) is 72.6 Å². The molecule has 0 aliphatic carbocycles. The monoisotopic (exact) mass is 511 g/mol. The third-order valence-electron chi connectivity index (χ3n) is 6.98. The molecule has 7 heteroatoms. The number of aromatic nitrogens is 3. The Kier molecular flexibility index (Phi) is 8.58. The maximum Gasteiger partial charge on any atom is 0.128 e. The first-order valence-corrected chi connectivity index (χ1v) is 13.5. The highest BCUT2D eigenvalue weighted by molar-refractivity contribution is 5.83. The normalized spacial score (nSPS) is 14.7. The number of anilines is 1. The molecule has 198 valence electrons. The molecule has 2 aromatic heterocycles. The van der Waals surface area contributed by atoms with Crippen molar-refractivity contribution in [2.24, 2.45) is 0 Å². The number of hydrogen-bond acceptors (Lipinski definition) is 5. The summed E-state index contributed by atoms with van der Waals surface area (Å²) in [6.07, 6.45) is 10.2. The number of rotatable bonds is 11. The van der Waals surface area contributed by atoms with E-state index in [2.05, 4.69) is 99.5 Å². The van der Waals surface area contributed by atoms with Crippen LogP contribution in [0.5, 0.6) is 5.75 Å². The molecular formula is C31H37N5O2. The second kappa shape index (κ2) is 12.6. The molecule has 2 N–H and O–H groups in total. The summed E-state index contributed by atoms with van der Waals surface area (Å²) in [6.45, 7) is 11.4. The predicted octanol–water partition coefficient (Wildman–Crippen LogP) is 5.79. The minimum absolute atomic E-state index is 0.649. The van der Waals surface area contributed by atoms with Crippen molar-refractivity contribution >= 4 is 40.9 Å². The second-order valence-electron chi connectivity index (χ2n) is 9.44. The van der Waals surface area contributed by atoms with Crippen LogP contribution in [0.1, 0.15) is 36.4 Å². The number of morpholine rings is 1. The summed E-state index contributed by atoms with van der Waals surface area (Å²) in [5.41, 5.74) is 6.32. The van der Waals surface area contributed by atoms with Gasteiger partial charge in [-0.1, -0.05) is 18.2 Å². The van der Waals surface area contributed by atoms with Gasteiger partial charge in [-0.3, -0.25) is 10.00 Å². The van der Waals surface area contributed by atoms with E-state index in [1.165, 1.54) is 11.1 Å². The first-order valence-electron chi connectivity index (χ1n) is 13.5. The fourth-order valence-corrected chi connectivity index (χ4v) is 4.73. The smallest absolute Gasteiger partial charge is 0.128 e. The molecule has 38 heavy (non-hydrogen) atoms. The van der Waals surface area contributed by atoms with E-state index in [1.807, 2.05) is 18.3 Å². The van der Waals surface area contributed by atoms with Crippen LogP contribution in [0.15, 0.2) is 54.7 Å². The Balaban J connectivity index is 1.28. The van der Waals surface area contributed by atoms with Crippen LogP contribution in [0, 0.1) is 0 Å². The van der Waals surface area contributed by atoms with Gasteiger partial charge in [0.05, 0.1) is 24.6 Å². The van der Waals surface area contributed by atoms with E-state index in [0.29, 0.717) is 6.61 Å². The molecule has 1 fully saturated rings. The van der Waals surface area contributed by atoms with Gasteiger partial charge in [0.2, 0.25) is 0 Å². The molecule has 0 unspecified atom stereocenters. The molecule has 0 atom stereocenters. The fourth-order valence-electron chi connectivity index (χ4n) is 4.73. The van der Waals surface area contributed by atoms with E-state index >= 15 is 0 Å². The third kappa shape index (κ3) is 6.54. The highest BCUT2D eigenvalue weighted by Crippen LogP contribution is 2.28. The molecule has 1 aliphatic rings. The Morgan fingerprint density at radius 3 is 2.68 bits per heavy atom. The molecule has 0 radical (unpaired) electrons. The maximum absolute atomic E-state index is 6.33. The molecule has 0 spiro atoms. The lowest BCUT2D eigenvalue weighted by Crippen LogP contribution is -2.38. The van der Waals surface area contributed by atoms with Gasteiger partial charge in [-0.15, -0.1) is 0 Å². The van der Waals surface area contributed by atoms with Gasteiger partial charge < -0.3 is 19.4 Å². The number of hydrogen-bond donors (Lipinski definition) is 2. The summed E-state index contributed by atoms with van der Waals surface area (Å²) in [6, 6.07) is 17.0. The van der Waals surface area contributed by atoms with Gasteiger partial charge in [0.15, 0.2) is 0 Å².